The van der Waals surface area contributed by atoms with Crippen LogP contribution in [-0.2, 0) is 14.1 Å². The quantitative estimate of drug-likeness (QED) is 0.638. The maximum Gasteiger partial charge on any atom is 0.476 e. The topological polar surface area (TPSA) is 87.6 Å². The highest BCUT2D eigenvalue weighted by molar-refractivity contribution is 6.47. The molecule has 0 aliphatic carbocycles. The Morgan fingerprint density at radius 3 is 2.00 bits per heavy atom. The summed E-state index contributed by atoms with van der Waals surface area (Å²) in [6.07, 6.45) is 0.0663. The van der Waals surface area contributed by atoms with Gasteiger partial charge in [0.15, 0.2) is 0 Å². The molecule has 1 fully saturated rings. The largest absolute Gasteiger partial charge is 0.476 e. The molecule has 0 saturated carbocycles. The lowest BCUT2D eigenvalue weighted by Crippen LogP contribution is -2.44. The van der Waals surface area contributed by atoms with Crippen molar-refractivity contribution in [1.82, 2.24) is 0 Å². The van der Waals surface area contributed by atoms with Crippen LogP contribution < -0.4 is 11.5 Å². The summed E-state index contributed by atoms with van der Waals surface area (Å²) >= 11 is 0. The molecule has 6 heteroatoms. The maximum atomic E-state index is 10.7. The van der Waals surface area contributed by atoms with Crippen LogP contribution >= 0.6 is 0 Å². The normalized spacial score (nSPS) is 25.3. The summed E-state index contributed by atoms with van der Waals surface area (Å²) in [5.41, 5.74) is 9.99. The third-order valence-corrected chi connectivity index (χ3v) is 3.06. The van der Waals surface area contributed by atoms with E-state index in [4.69, 9.17) is 20.8 Å². The highest BCUT2D eigenvalue weighted by atomic mass is 16.7. The van der Waals surface area contributed by atoms with Gasteiger partial charge in [0.25, 0.3) is 0 Å². The minimum absolute atomic E-state index is 0.0663. The SMILES string of the molecule is CC1(C)OB([C@@H](N)CC(N)=O)OC1(C)C. The van der Waals surface area contributed by atoms with Gasteiger partial charge in [-0.25, -0.2) is 0 Å². The molecule has 0 unspecified atom stereocenters. The third kappa shape index (κ3) is 2.51. The number of hydrogen-bond donors (Lipinski definition) is 2. The molecule has 0 aromatic rings. The molecule has 1 rings (SSSR count). The Hall–Kier alpha value is -0.585. The molecule has 86 valence electrons. The van der Waals surface area contributed by atoms with E-state index in [2.05, 4.69) is 0 Å². The van der Waals surface area contributed by atoms with Crippen molar-refractivity contribution in [1.29, 1.82) is 0 Å². The fourth-order valence-corrected chi connectivity index (χ4v) is 1.39. The smallest absolute Gasteiger partial charge is 0.402 e. The Morgan fingerprint density at radius 2 is 1.67 bits per heavy atom. The highest BCUT2D eigenvalue weighted by Crippen LogP contribution is 2.37. The molecule has 15 heavy (non-hydrogen) atoms. The molecular formula is C9H19BN2O3. The molecule has 1 saturated heterocycles. The van der Waals surface area contributed by atoms with Crippen LogP contribution in [0.3, 0.4) is 0 Å². The summed E-state index contributed by atoms with van der Waals surface area (Å²) < 4.78 is 11.3. The highest BCUT2D eigenvalue weighted by Gasteiger charge is 2.53. The van der Waals surface area contributed by atoms with Gasteiger partial charge in [-0.1, -0.05) is 0 Å². The van der Waals surface area contributed by atoms with Crippen molar-refractivity contribution in [2.45, 2.75) is 51.3 Å². The van der Waals surface area contributed by atoms with E-state index in [1.165, 1.54) is 0 Å². The van der Waals surface area contributed by atoms with E-state index in [1.54, 1.807) is 0 Å². The Balaban J connectivity index is 2.66. The van der Waals surface area contributed by atoms with Crippen molar-refractivity contribution in [3.63, 3.8) is 0 Å². The van der Waals surface area contributed by atoms with Crippen LogP contribution in [0.4, 0.5) is 0 Å². The fraction of sp³-hybridized carbons (Fsp3) is 0.889. The predicted molar refractivity (Wildman–Crippen MR) is 57.9 cm³/mol. The average molecular weight is 214 g/mol. The van der Waals surface area contributed by atoms with Crippen molar-refractivity contribution in [2.75, 3.05) is 0 Å². The molecule has 1 aliphatic heterocycles. The molecule has 0 spiro atoms. The molecule has 0 bridgehead atoms. The summed E-state index contributed by atoms with van der Waals surface area (Å²) in [5.74, 6) is -0.958. The lowest BCUT2D eigenvalue weighted by Gasteiger charge is -2.32. The molecule has 1 amide bonds. The fourth-order valence-electron chi connectivity index (χ4n) is 1.39. The second kappa shape index (κ2) is 3.77. The molecule has 5 nitrogen and oxygen atoms in total. The summed E-state index contributed by atoms with van der Waals surface area (Å²) in [6, 6.07) is 0. The first-order valence-corrected chi connectivity index (χ1v) is 5.05. The number of amides is 1. The Labute approximate surface area is 90.6 Å². The summed E-state index contributed by atoms with van der Waals surface area (Å²) in [4.78, 5) is 10.7. The Bertz CT molecular complexity index is 252. The minimum Gasteiger partial charge on any atom is -0.402 e. The van der Waals surface area contributed by atoms with Crippen LogP contribution in [-0.4, -0.2) is 30.2 Å². The lowest BCUT2D eigenvalue weighted by atomic mass is 9.77. The predicted octanol–water partition coefficient (Wildman–Crippen LogP) is -0.179. The van der Waals surface area contributed by atoms with E-state index in [1.807, 2.05) is 27.7 Å². The number of carbonyl (C=O) groups is 1. The molecule has 1 atom stereocenters. The molecule has 0 radical (unpaired) electrons. The van der Waals surface area contributed by atoms with Crippen LogP contribution in [0.5, 0.6) is 0 Å². The van der Waals surface area contributed by atoms with Crippen LogP contribution in [0.2, 0.25) is 0 Å². The van der Waals surface area contributed by atoms with Crippen LogP contribution in [0, 0.1) is 0 Å². The second-order valence-corrected chi connectivity index (χ2v) is 4.96. The van der Waals surface area contributed by atoms with Gasteiger partial charge in [0.05, 0.1) is 11.2 Å². The van der Waals surface area contributed by atoms with Gasteiger partial charge in [-0.2, -0.15) is 0 Å². The lowest BCUT2D eigenvalue weighted by molar-refractivity contribution is -0.118. The van der Waals surface area contributed by atoms with E-state index in [-0.39, 0.29) is 6.42 Å². The summed E-state index contributed by atoms with van der Waals surface area (Å²) in [6.45, 7) is 7.74. The number of rotatable bonds is 3. The van der Waals surface area contributed by atoms with Gasteiger partial charge in [0.2, 0.25) is 5.91 Å². The van der Waals surface area contributed by atoms with E-state index >= 15 is 0 Å². The first-order valence-electron chi connectivity index (χ1n) is 5.05. The Morgan fingerprint density at radius 1 is 1.27 bits per heavy atom. The van der Waals surface area contributed by atoms with Gasteiger partial charge in [-0.05, 0) is 27.7 Å². The van der Waals surface area contributed by atoms with Gasteiger partial charge in [-0.15, -0.1) is 0 Å². The van der Waals surface area contributed by atoms with Gasteiger partial charge in [-0.3, -0.25) is 4.79 Å². The summed E-state index contributed by atoms with van der Waals surface area (Å²) in [5, 5.41) is 0. The monoisotopic (exact) mass is 214 g/mol. The van der Waals surface area contributed by atoms with Crippen LogP contribution in [0.1, 0.15) is 34.1 Å². The summed E-state index contributed by atoms with van der Waals surface area (Å²) in [7, 11) is -0.567. The zero-order valence-electron chi connectivity index (χ0n) is 9.74. The van der Waals surface area contributed by atoms with Gasteiger partial charge in [0.1, 0.15) is 0 Å². The van der Waals surface area contributed by atoms with Crippen molar-refractivity contribution in [3.8, 4) is 0 Å². The number of hydrogen-bond acceptors (Lipinski definition) is 4. The van der Waals surface area contributed by atoms with Crippen molar-refractivity contribution in [3.05, 3.63) is 0 Å². The van der Waals surface area contributed by atoms with E-state index in [9.17, 15) is 4.79 Å². The minimum atomic E-state index is -0.567. The number of primary amides is 1. The van der Waals surface area contributed by atoms with E-state index in [0.717, 1.165) is 0 Å². The molecule has 0 aromatic heterocycles. The average Bonchev–Trinajstić information content (AvgIpc) is 2.20. The van der Waals surface area contributed by atoms with Crippen molar-refractivity contribution >= 4 is 13.0 Å². The molecular weight excluding hydrogens is 195 g/mol. The number of carbonyl (C=O) groups excluding carboxylic acids is 1. The Kier molecular flexibility index (Phi) is 3.14. The van der Waals surface area contributed by atoms with Gasteiger partial charge >= 0.3 is 7.12 Å². The second-order valence-electron chi connectivity index (χ2n) is 4.96. The first kappa shape index (κ1) is 12.5. The first-order chi connectivity index (χ1) is 6.66. The van der Waals surface area contributed by atoms with E-state index in [0.29, 0.717) is 0 Å². The molecule has 1 aliphatic rings. The third-order valence-electron chi connectivity index (χ3n) is 3.06. The number of nitrogens with two attached hydrogens (primary N) is 2. The van der Waals surface area contributed by atoms with Crippen molar-refractivity contribution < 1.29 is 14.1 Å². The van der Waals surface area contributed by atoms with E-state index < -0.39 is 30.2 Å². The van der Waals surface area contributed by atoms with Crippen molar-refractivity contribution in [2.24, 2.45) is 11.5 Å². The maximum absolute atomic E-state index is 10.7. The standard InChI is InChI=1S/C9H19BN2O3/c1-8(2)9(3,4)15-10(14-8)6(11)5-7(12)13/h6H,5,11H2,1-4H3,(H2,12,13)/t6-/m0/s1. The van der Waals surface area contributed by atoms with Crippen LogP contribution in [0.15, 0.2) is 0 Å². The van der Waals surface area contributed by atoms with Crippen LogP contribution in [0.25, 0.3) is 0 Å². The zero-order chi connectivity index (χ0) is 11.9. The van der Waals surface area contributed by atoms with Gasteiger partial charge in [0, 0.05) is 12.4 Å². The molecule has 0 aromatic carbocycles. The van der Waals surface area contributed by atoms with Gasteiger partial charge < -0.3 is 20.8 Å². The zero-order valence-corrected chi connectivity index (χ0v) is 9.74. The molecule has 4 N–H and O–H groups in total. The molecule has 1 heterocycles.